The van der Waals surface area contributed by atoms with Crippen molar-refractivity contribution < 1.29 is 18.0 Å². The van der Waals surface area contributed by atoms with Crippen molar-refractivity contribution in [1.82, 2.24) is 10.2 Å². The maximum atomic E-state index is 14.0. The molecule has 0 heterocycles. The molecular weight excluding hydrogens is 569 g/mol. The standard InChI is InChI=1S/C30H33Cl2N3O4S/c1-22(30(37)33-26-12-8-9-13-26)34(17-16-23-10-4-2-5-11-23)29(36)21-35(27-19-24(31)18-25(32)20-27)40(38,39)28-14-6-3-7-15-28/h2-7,10-11,14-15,18-20,22,26H,8-9,12-13,16-17,21H2,1H3,(H,33,37). The van der Waals surface area contributed by atoms with E-state index in [1.807, 2.05) is 30.3 Å². The second kappa shape index (κ2) is 13.5. The molecule has 1 unspecified atom stereocenters. The second-order valence-electron chi connectivity index (χ2n) is 9.94. The van der Waals surface area contributed by atoms with E-state index < -0.39 is 28.5 Å². The molecule has 0 aromatic heterocycles. The van der Waals surface area contributed by atoms with Crippen molar-refractivity contribution in [1.29, 1.82) is 0 Å². The lowest BCUT2D eigenvalue weighted by atomic mass is 10.1. The average Bonchev–Trinajstić information content (AvgIpc) is 3.45. The minimum Gasteiger partial charge on any atom is -0.352 e. The van der Waals surface area contributed by atoms with E-state index in [9.17, 15) is 18.0 Å². The highest BCUT2D eigenvalue weighted by Crippen LogP contribution is 2.30. The molecule has 1 saturated carbocycles. The number of rotatable bonds is 11. The van der Waals surface area contributed by atoms with Gasteiger partial charge in [-0.1, -0.05) is 84.6 Å². The van der Waals surface area contributed by atoms with Crippen molar-refractivity contribution in [2.75, 3.05) is 17.4 Å². The van der Waals surface area contributed by atoms with E-state index in [4.69, 9.17) is 23.2 Å². The maximum absolute atomic E-state index is 14.0. The number of benzene rings is 3. The third-order valence-electron chi connectivity index (χ3n) is 7.10. The van der Waals surface area contributed by atoms with Crippen molar-refractivity contribution in [2.45, 2.75) is 56.0 Å². The molecule has 0 bridgehead atoms. The molecule has 1 aliphatic rings. The van der Waals surface area contributed by atoms with E-state index >= 15 is 0 Å². The number of sulfonamides is 1. The maximum Gasteiger partial charge on any atom is 0.264 e. The summed E-state index contributed by atoms with van der Waals surface area (Å²) in [5.41, 5.74) is 1.15. The summed E-state index contributed by atoms with van der Waals surface area (Å²) in [4.78, 5) is 28.7. The molecule has 4 rings (SSSR count). The Bertz CT molecular complexity index is 1400. The summed E-state index contributed by atoms with van der Waals surface area (Å²) in [7, 11) is -4.18. The lowest BCUT2D eigenvalue weighted by Gasteiger charge is -2.32. The van der Waals surface area contributed by atoms with Gasteiger partial charge in [-0.15, -0.1) is 0 Å². The molecule has 1 aliphatic carbocycles. The highest BCUT2D eigenvalue weighted by molar-refractivity contribution is 7.92. The Hall–Kier alpha value is -3.07. The Kier molecular flexibility index (Phi) is 10.1. The van der Waals surface area contributed by atoms with Gasteiger partial charge in [0.05, 0.1) is 10.6 Å². The number of carbonyl (C=O) groups excluding carboxylic acids is 2. The quantitative estimate of drug-likeness (QED) is 0.305. The smallest absolute Gasteiger partial charge is 0.264 e. The van der Waals surface area contributed by atoms with E-state index in [0.29, 0.717) is 6.42 Å². The van der Waals surface area contributed by atoms with Crippen LogP contribution in [-0.4, -0.2) is 50.3 Å². The lowest BCUT2D eigenvalue weighted by Crippen LogP contribution is -2.53. The topological polar surface area (TPSA) is 86.8 Å². The number of carbonyl (C=O) groups is 2. The Labute approximate surface area is 246 Å². The number of nitrogens with zero attached hydrogens (tertiary/aromatic N) is 2. The van der Waals surface area contributed by atoms with Crippen molar-refractivity contribution in [3.05, 3.63) is 94.5 Å². The van der Waals surface area contributed by atoms with Gasteiger partial charge in [0.15, 0.2) is 0 Å². The number of hydrogen-bond donors (Lipinski definition) is 1. The van der Waals surface area contributed by atoms with E-state index in [1.165, 1.54) is 35.2 Å². The molecule has 0 saturated heterocycles. The second-order valence-corrected chi connectivity index (χ2v) is 12.7. The fourth-order valence-corrected chi connectivity index (χ4v) is 6.83. The Morgan fingerprint density at radius 2 is 1.50 bits per heavy atom. The average molecular weight is 603 g/mol. The molecule has 2 amide bonds. The Morgan fingerprint density at radius 1 is 0.925 bits per heavy atom. The molecular formula is C30H33Cl2N3O4S. The van der Waals surface area contributed by atoms with E-state index in [1.54, 1.807) is 25.1 Å². The van der Waals surface area contributed by atoms with E-state index in [2.05, 4.69) is 5.32 Å². The van der Waals surface area contributed by atoms with Gasteiger partial charge < -0.3 is 10.2 Å². The predicted octanol–water partition coefficient (Wildman–Crippen LogP) is 5.71. The number of nitrogens with one attached hydrogen (secondary N) is 1. The highest BCUT2D eigenvalue weighted by atomic mass is 35.5. The van der Waals surface area contributed by atoms with Crippen LogP contribution >= 0.6 is 23.2 Å². The van der Waals surface area contributed by atoms with Gasteiger partial charge in [-0.05, 0) is 62.1 Å². The van der Waals surface area contributed by atoms with Crippen molar-refractivity contribution in [3.8, 4) is 0 Å². The van der Waals surface area contributed by atoms with Gasteiger partial charge in [-0.25, -0.2) is 8.42 Å². The first-order chi connectivity index (χ1) is 19.1. The van der Waals surface area contributed by atoms with Gasteiger partial charge in [0, 0.05) is 22.6 Å². The van der Waals surface area contributed by atoms with Crippen LogP contribution in [0.4, 0.5) is 5.69 Å². The SMILES string of the molecule is CC(C(=O)NC1CCCC1)N(CCc1ccccc1)C(=O)CN(c1cc(Cl)cc(Cl)c1)S(=O)(=O)c1ccccc1. The van der Waals surface area contributed by atoms with Gasteiger partial charge in [-0.3, -0.25) is 13.9 Å². The fraction of sp³-hybridized carbons (Fsp3) is 0.333. The summed E-state index contributed by atoms with van der Waals surface area (Å²) in [6.45, 7) is 1.38. The highest BCUT2D eigenvalue weighted by Gasteiger charge is 2.33. The van der Waals surface area contributed by atoms with E-state index in [-0.39, 0.29) is 39.1 Å². The third kappa shape index (κ3) is 7.56. The normalized spacial score (nSPS) is 14.5. The molecule has 1 fully saturated rings. The zero-order chi connectivity index (χ0) is 28.7. The molecule has 3 aromatic carbocycles. The molecule has 0 spiro atoms. The fourth-order valence-electron chi connectivity index (χ4n) is 4.89. The van der Waals surface area contributed by atoms with E-state index in [0.717, 1.165) is 35.6 Å². The summed E-state index contributed by atoms with van der Waals surface area (Å²) < 4.78 is 28.6. The predicted molar refractivity (Wildman–Crippen MR) is 159 cm³/mol. The zero-order valence-electron chi connectivity index (χ0n) is 22.3. The van der Waals surface area contributed by atoms with Crippen LogP contribution in [0.1, 0.15) is 38.2 Å². The van der Waals surface area contributed by atoms with Crippen molar-refractivity contribution in [2.24, 2.45) is 0 Å². The molecule has 40 heavy (non-hydrogen) atoms. The summed E-state index contributed by atoms with van der Waals surface area (Å²) in [6.07, 6.45) is 4.45. The number of amides is 2. The first-order valence-electron chi connectivity index (χ1n) is 13.3. The summed E-state index contributed by atoms with van der Waals surface area (Å²) in [5.74, 6) is -0.766. The summed E-state index contributed by atoms with van der Waals surface area (Å²) in [5, 5.41) is 3.53. The molecule has 1 N–H and O–H groups in total. The molecule has 0 aliphatic heterocycles. The molecule has 0 radical (unpaired) electrons. The lowest BCUT2D eigenvalue weighted by molar-refractivity contribution is -0.139. The zero-order valence-corrected chi connectivity index (χ0v) is 24.6. The van der Waals surface area contributed by atoms with Gasteiger partial charge in [-0.2, -0.15) is 0 Å². The largest absolute Gasteiger partial charge is 0.352 e. The third-order valence-corrected chi connectivity index (χ3v) is 9.32. The first kappa shape index (κ1) is 29.9. The molecule has 3 aromatic rings. The summed E-state index contributed by atoms with van der Waals surface area (Å²) >= 11 is 12.5. The summed E-state index contributed by atoms with van der Waals surface area (Å²) in [6, 6.07) is 21.2. The molecule has 7 nitrogen and oxygen atoms in total. The number of halogens is 2. The van der Waals surface area contributed by atoms with Crippen LogP contribution in [0.5, 0.6) is 0 Å². The van der Waals surface area contributed by atoms with Crippen LogP contribution in [0.3, 0.4) is 0 Å². The van der Waals surface area contributed by atoms with Crippen LogP contribution in [0, 0.1) is 0 Å². The van der Waals surface area contributed by atoms with Gasteiger partial charge in [0.25, 0.3) is 10.0 Å². The number of anilines is 1. The first-order valence-corrected chi connectivity index (χ1v) is 15.5. The molecule has 10 heteroatoms. The Balaban J connectivity index is 1.66. The van der Waals surface area contributed by atoms with Gasteiger partial charge in [0.1, 0.15) is 12.6 Å². The number of hydrogen-bond acceptors (Lipinski definition) is 4. The van der Waals surface area contributed by atoms with Gasteiger partial charge in [0.2, 0.25) is 11.8 Å². The Morgan fingerprint density at radius 3 is 2.10 bits per heavy atom. The van der Waals surface area contributed by atoms with Gasteiger partial charge >= 0.3 is 0 Å². The van der Waals surface area contributed by atoms with Crippen LogP contribution in [0.25, 0.3) is 0 Å². The molecule has 1 atom stereocenters. The van der Waals surface area contributed by atoms with Crippen molar-refractivity contribution >= 4 is 50.7 Å². The monoisotopic (exact) mass is 601 g/mol. The minimum absolute atomic E-state index is 0.0155. The van der Waals surface area contributed by atoms with Crippen LogP contribution < -0.4 is 9.62 Å². The van der Waals surface area contributed by atoms with Crippen molar-refractivity contribution in [3.63, 3.8) is 0 Å². The minimum atomic E-state index is -4.18. The molecule has 212 valence electrons. The van der Waals surface area contributed by atoms with Crippen LogP contribution in [0.2, 0.25) is 10.0 Å². The van der Waals surface area contributed by atoms with Crippen LogP contribution in [0.15, 0.2) is 83.8 Å². The van der Waals surface area contributed by atoms with Crippen LogP contribution in [-0.2, 0) is 26.0 Å².